The summed E-state index contributed by atoms with van der Waals surface area (Å²) in [5.74, 6) is 1.69. The molecule has 9 heteroatoms. The van der Waals surface area contributed by atoms with E-state index in [4.69, 9.17) is 32.7 Å². The third kappa shape index (κ3) is 4.88. The molecule has 0 aliphatic rings. The summed E-state index contributed by atoms with van der Waals surface area (Å²) in [4.78, 5) is 16.7. The van der Waals surface area contributed by atoms with Crippen molar-refractivity contribution in [3.63, 3.8) is 0 Å². The van der Waals surface area contributed by atoms with Crippen molar-refractivity contribution in [2.75, 3.05) is 19.5 Å². The van der Waals surface area contributed by atoms with Crippen molar-refractivity contribution in [3.05, 3.63) is 63.9 Å². The van der Waals surface area contributed by atoms with Crippen molar-refractivity contribution < 1.29 is 14.3 Å². The van der Waals surface area contributed by atoms with Crippen LogP contribution in [0.15, 0.2) is 42.6 Å². The molecule has 0 saturated carbocycles. The van der Waals surface area contributed by atoms with E-state index in [2.05, 4.69) is 15.4 Å². The van der Waals surface area contributed by atoms with Gasteiger partial charge in [0.2, 0.25) is 5.91 Å². The first-order valence-electron chi connectivity index (χ1n) is 8.50. The molecule has 0 bridgehead atoms. The molecule has 2 heterocycles. The molecule has 1 aromatic carbocycles. The first kappa shape index (κ1) is 20.7. The smallest absolute Gasteiger partial charge is 0.249 e. The van der Waals surface area contributed by atoms with Crippen LogP contribution in [0, 0.1) is 6.92 Å². The Hall–Kier alpha value is -3.03. The predicted molar refractivity (Wildman–Crippen MR) is 113 cm³/mol. The van der Waals surface area contributed by atoms with Crippen LogP contribution in [0.2, 0.25) is 10.0 Å². The number of benzene rings is 1. The van der Waals surface area contributed by atoms with Crippen LogP contribution in [0.3, 0.4) is 0 Å². The molecule has 0 aliphatic heterocycles. The van der Waals surface area contributed by atoms with Crippen molar-refractivity contribution in [2.45, 2.75) is 6.92 Å². The maximum absolute atomic E-state index is 12.5. The van der Waals surface area contributed by atoms with E-state index in [9.17, 15) is 4.79 Å². The minimum atomic E-state index is -0.353. The number of hydrogen-bond acceptors (Lipinski definition) is 5. The monoisotopic (exact) mass is 432 g/mol. The fourth-order valence-corrected chi connectivity index (χ4v) is 3.06. The second-order valence-corrected chi connectivity index (χ2v) is 6.82. The highest BCUT2D eigenvalue weighted by Gasteiger charge is 2.14. The Morgan fingerprint density at radius 1 is 1.17 bits per heavy atom. The number of aryl methyl sites for hydroxylation is 1. The van der Waals surface area contributed by atoms with Crippen molar-refractivity contribution in [2.24, 2.45) is 0 Å². The minimum absolute atomic E-state index is 0.314. The minimum Gasteiger partial charge on any atom is -0.497 e. The van der Waals surface area contributed by atoms with Crippen molar-refractivity contribution in [1.29, 1.82) is 0 Å². The Morgan fingerprint density at radius 2 is 1.97 bits per heavy atom. The number of anilines is 1. The first-order chi connectivity index (χ1) is 13.9. The van der Waals surface area contributed by atoms with E-state index < -0.39 is 0 Å². The summed E-state index contributed by atoms with van der Waals surface area (Å²) in [6.07, 6.45) is 4.50. The van der Waals surface area contributed by atoms with Gasteiger partial charge in [-0.25, -0.2) is 4.98 Å². The summed E-state index contributed by atoms with van der Waals surface area (Å²) in [6.45, 7) is 1.80. The fourth-order valence-electron chi connectivity index (χ4n) is 2.60. The molecule has 29 heavy (non-hydrogen) atoms. The van der Waals surface area contributed by atoms with Crippen molar-refractivity contribution >= 4 is 41.0 Å². The highest BCUT2D eigenvalue weighted by atomic mass is 35.5. The lowest BCUT2D eigenvalue weighted by molar-refractivity contribution is -0.111. The largest absolute Gasteiger partial charge is 0.497 e. The zero-order chi connectivity index (χ0) is 21.0. The molecular weight excluding hydrogens is 415 g/mol. The summed E-state index contributed by atoms with van der Waals surface area (Å²) >= 11 is 12.1. The number of methoxy groups -OCH3 is 2. The molecule has 3 rings (SSSR count). The third-order valence-electron chi connectivity index (χ3n) is 3.93. The molecule has 0 unspecified atom stereocenters. The number of rotatable bonds is 6. The zero-order valence-corrected chi connectivity index (χ0v) is 17.5. The summed E-state index contributed by atoms with van der Waals surface area (Å²) < 4.78 is 12.0. The summed E-state index contributed by atoms with van der Waals surface area (Å²) in [7, 11) is 3.13. The van der Waals surface area contributed by atoms with E-state index in [0.717, 1.165) is 5.56 Å². The van der Waals surface area contributed by atoms with E-state index in [-0.39, 0.29) is 5.91 Å². The number of pyridine rings is 1. The number of nitrogens with one attached hydrogen (secondary N) is 1. The lowest BCUT2D eigenvalue weighted by Crippen LogP contribution is -2.13. The molecule has 0 fully saturated rings. The molecule has 0 saturated heterocycles. The van der Waals surface area contributed by atoms with Gasteiger partial charge in [0.05, 0.1) is 30.0 Å². The number of aromatic nitrogens is 3. The molecule has 0 aliphatic carbocycles. The average Bonchev–Trinajstić information content (AvgIpc) is 3.05. The second-order valence-electron chi connectivity index (χ2n) is 5.97. The Morgan fingerprint density at radius 3 is 2.66 bits per heavy atom. The van der Waals surface area contributed by atoms with Gasteiger partial charge in [-0.15, -0.1) is 0 Å². The van der Waals surface area contributed by atoms with E-state index in [1.807, 2.05) is 0 Å². The van der Waals surface area contributed by atoms with Gasteiger partial charge in [0, 0.05) is 30.0 Å². The van der Waals surface area contributed by atoms with Gasteiger partial charge < -0.3 is 14.8 Å². The molecule has 1 amide bonds. The Labute approximate surface area is 177 Å². The van der Waals surface area contributed by atoms with Crippen LogP contribution in [0.4, 0.5) is 5.82 Å². The number of carbonyl (C=O) groups excluding carboxylic acids is 1. The highest BCUT2D eigenvalue weighted by Crippen LogP contribution is 2.26. The van der Waals surface area contributed by atoms with E-state index in [1.54, 1.807) is 57.6 Å². The van der Waals surface area contributed by atoms with Crippen LogP contribution in [0.1, 0.15) is 11.3 Å². The topological polar surface area (TPSA) is 78.3 Å². The lowest BCUT2D eigenvalue weighted by Gasteiger charge is -2.09. The molecule has 0 spiro atoms. The summed E-state index contributed by atoms with van der Waals surface area (Å²) in [6, 6.07) is 8.60. The molecule has 2 aromatic heterocycles. The fraction of sp³-hybridized carbons (Fsp3) is 0.150. The molecular formula is C20H18Cl2N4O3. The molecule has 3 aromatic rings. The van der Waals surface area contributed by atoms with Crippen LogP contribution in [-0.2, 0) is 4.79 Å². The van der Waals surface area contributed by atoms with Crippen LogP contribution < -0.4 is 14.8 Å². The highest BCUT2D eigenvalue weighted by molar-refractivity contribution is 6.35. The average molecular weight is 433 g/mol. The number of carbonyl (C=O) groups is 1. The SMILES string of the molecule is COc1ccc(/C=C/C(=O)Nc2cc(C)nn2-c2ncc(Cl)cc2Cl)c(OC)c1. The van der Waals surface area contributed by atoms with E-state index in [0.29, 0.717) is 38.9 Å². The summed E-state index contributed by atoms with van der Waals surface area (Å²) in [5.41, 5.74) is 1.42. The Bertz CT molecular complexity index is 1080. The number of nitrogens with zero attached hydrogens (tertiary/aromatic N) is 3. The molecule has 0 radical (unpaired) electrons. The van der Waals surface area contributed by atoms with E-state index >= 15 is 0 Å². The van der Waals surface area contributed by atoms with Gasteiger partial charge in [-0.05, 0) is 31.2 Å². The van der Waals surface area contributed by atoms with Gasteiger partial charge >= 0.3 is 0 Å². The van der Waals surface area contributed by atoms with Gasteiger partial charge in [-0.3, -0.25) is 4.79 Å². The Kier molecular flexibility index (Phi) is 6.41. The van der Waals surface area contributed by atoms with Crippen molar-refractivity contribution in [1.82, 2.24) is 14.8 Å². The van der Waals surface area contributed by atoms with Crippen LogP contribution in [-0.4, -0.2) is 34.9 Å². The second kappa shape index (κ2) is 8.98. The number of amides is 1. The number of halogens is 2. The zero-order valence-electron chi connectivity index (χ0n) is 15.9. The predicted octanol–water partition coefficient (Wildman–Crippen LogP) is 4.55. The van der Waals surface area contributed by atoms with Crippen LogP contribution >= 0.6 is 23.2 Å². The Balaban J connectivity index is 1.82. The maximum atomic E-state index is 12.5. The molecule has 0 atom stereocenters. The lowest BCUT2D eigenvalue weighted by atomic mass is 10.1. The van der Waals surface area contributed by atoms with Gasteiger partial charge in [-0.2, -0.15) is 9.78 Å². The molecule has 7 nitrogen and oxygen atoms in total. The van der Waals surface area contributed by atoms with Gasteiger partial charge in [-0.1, -0.05) is 23.2 Å². The van der Waals surface area contributed by atoms with Crippen LogP contribution in [0.25, 0.3) is 11.9 Å². The normalized spacial score (nSPS) is 10.9. The number of ether oxygens (including phenoxy) is 2. The maximum Gasteiger partial charge on any atom is 0.249 e. The van der Waals surface area contributed by atoms with Gasteiger partial charge in [0.1, 0.15) is 17.3 Å². The summed E-state index contributed by atoms with van der Waals surface area (Å²) in [5, 5.41) is 7.84. The van der Waals surface area contributed by atoms with Gasteiger partial charge in [0.25, 0.3) is 0 Å². The van der Waals surface area contributed by atoms with E-state index in [1.165, 1.54) is 17.0 Å². The standard InChI is InChI=1S/C20H18Cl2N4O3/c1-12-8-18(26(25-12)20-16(22)9-14(21)11-23-20)24-19(27)7-5-13-4-6-15(28-2)10-17(13)29-3/h4-11H,1-3H3,(H,24,27)/b7-5+. The van der Waals surface area contributed by atoms with Crippen molar-refractivity contribution in [3.8, 4) is 17.3 Å². The van der Waals surface area contributed by atoms with Gasteiger partial charge in [0.15, 0.2) is 5.82 Å². The quantitative estimate of drug-likeness (QED) is 0.577. The molecule has 1 N–H and O–H groups in total. The first-order valence-corrected chi connectivity index (χ1v) is 9.26. The van der Waals surface area contributed by atoms with Crippen LogP contribution in [0.5, 0.6) is 11.5 Å². The molecule has 150 valence electrons. The third-order valence-corrected chi connectivity index (χ3v) is 4.41. The number of hydrogen-bond donors (Lipinski definition) is 1.